The minimum absolute atomic E-state index is 0.451. The minimum Gasteiger partial charge on any atom is -0.491 e. The van der Waals surface area contributed by atoms with E-state index >= 15 is 0 Å². The molecule has 82 valence electrons. The normalized spacial score (nSPS) is 15.1. The molecule has 0 unspecified atom stereocenters. The SMILES string of the molecule is COc1cc(C2CC2)c(CN)nc1OC. The number of hydrogen-bond donors (Lipinski definition) is 1. The molecule has 2 N–H and O–H groups in total. The third-order valence-corrected chi connectivity index (χ3v) is 2.69. The predicted octanol–water partition coefficient (Wildman–Crippen LogP) is 1.43. The molecule has 0 saturated heterocycles. The van der Waals surface area contributed by atoms with Gasteiger partial charge in [-0.1, -0.05) is 0 Å². The molecule has 0 bridgehead atoms. The molecule has 0 atom stereocenters. The van der Waals surface area contributed by atoms with Crippen molar-refractivity contribution in [2.24, 2.45) is 5.73 Å². The van der Waals surface area contributed by atoms with E-state index in [1.807, 2.05) is 6.07 Å². The summed E-state index contributed by atoms with van der Waals surface area (Å²) in [6.45, 7) is 0.451. The van der Waals surface area contributed by atoms with E-state index in [0.29, 0.717) is 24.1 Å². The van der Waals surface area contributed by atoms with Crippen LogP contribution >= 0.6 is 0 Å². The number of nitrogens with two attached hydrogens (primary N) is 1. The Morgan fingerprint density at radius 2 is 2.13 bits per heavy atom. The van der Waals surface area contributed by atoms with Gasteiger partial charge in [-0.15, -0.1) is 0 Å². The maximum absolute atomic E-state index is 5.67. The van der Waals surface area contributed by atoms with Gasteiger partial charge in [0, 0.05) is 6.54 Å². The second kappa shape index (κ2) is 4.06. The number of rotatable bonds is 4. The lowest BCUT2D eigenvalue weighted by molar-refractivity contribution is 0.341. The fraction of sp³-hybridized carbons (Fsp3) is 0.545. The zero-order valence-corrected chi connectivity index (χ0v) is 9.12. The third-order valence-electron chi connectivity index (χ3n) is 2.69. The lowest BCUT2D eigenvalue weighted by Crippen LogP contribution is -2.06. The maximum Gasteiger partial charge on any atom is 0.257 e. The van der Waals surface area contributed by atoms with Crippen molar-refractivity contribution in [1.82, 2.24) is 4.98 Å². The van der Waals surface area contributed by atoms with E-state index in [0.717, 1.165) is 5.69 Å². The van der Waals surface area contributed by atoms with Gasteiger partial charge in [0.2, 0.25) is 0 Å². The summed E-state index contributed by atoms with van der Waals surface area (Å²) in [5, 5.41) is 0. The first kappa shape index (κ1) is 10.2. The van der Waals surface area contributed by atoms with E-state index < -0.39 is 0 Å². The quantitative estimate of drug-likeness (QED) is 0.813. The smallest absolute Gasteiger partial charge is 0.257 e. The van der Waals surface area contributed by atoms with E-state index in [-0.39, 0.29) is 0 Å². The molecule has 4 nitrogen and oxygen atoms in total. The average molecular weight is 208 g/mol. The summed E-state index contributed by atoms with van der Waals surface area (Å²) < 4.78 is 10.4. The van der Waals surface area contributed by atoms with Gasteiger partial charge >= 0.3 is 0 Å². The molecule has 4 heteroatoms. The van der Waals surface area contributed by atoms with Gasteiger partial charge in [-0.3, -0.25) is 0 Å². The summed E-state index contributed by atoms with van der Waals surface area (Å²) in [6, 6.07) is 2.01. The van der Waals surface area contributed by atoms with Gasteiger partial charge in [-0.05, 0) is 30.4 Å². The van der Waals surface area contributed by atoms with Gasteiger partial charge in [-0.25, -0.2) is 4.98 Å². The fourth-order valence-electron chi connectivity index (χ4n) is 1.73. The van der Waals surface area contributed by atoms with Crippen molar-refractivity contribution in [3.8, 4) is 11.6 Å². The molecule has 1 saturated carbocycles. The summed E-state index contributed by atoms with van der Waals surface area (Å²) in [5.41, 5.74) is 7.82. The predicted molar refractivity (Wildman–Crippen MR) is 57.2 cm³/mol. The second-order valence-electron chi connectivity index (χ2n) is 3.71. The van der Waals surface area contributed by atoms with Crippen molar-refractivity contribution in [1.29, 1.82) is 0 Å². The Labute approximate surface area is 89.4 Å². The Bertz CT molecular complexity index is 362. The van der Waals surface area contributed by atoms with Crippen LogP contribution in [-0.2, 0) is 6.54 Å². The zero-order valence-electron chi connectivity index (χ0n) is 9.12. The number of ether oxygens (including phenoxy) is 2. The van der Waals surface area contributed by atoms with E-state index in [2.05, 4.69) is 4.98 Å². The van der Waals surface area contributed by atoms with Crippen LogP contribution in [0.25, 0.3) is 0 Å². The number of methoxy groups -OCH3 is 2. The van der Waals surface area contributed by atoms with Gasteiger partial charge in [0.1, 0.15) is 0 Å². The number of pyridine rings is 1. The summed E-state index contributed by atoms with van der Waals surface area (Å²) in [4.78, 5) is 4.37. The van der Waals surface area contributed by atoms with Crippen LogP contribution in [0.3, 0.4) is 0 Å². The standard InChI is InChI=1S/C11H16N2O2/c1-14-10-5-8(7-3-4-7)9(6-12)13-11(10)15-2/h5,7H,3-4,6,12H2,1-2H3. The van der Waals surface area contributed by atoms with Crippen LogP contribution in [0.2, 0.25) is 0 Å². The van der Waals surface area contributed by atoms with Crippen molar-refractivity contribution in [2.45, 2.75) is 25.3 Å². The lowest BCUT2D eigenvalue weighted by Gasteiger charge is -2.12. The molecule has 0 radical (unpaired) electrons. The first-order valence-corrected chi connectivity index (χ1v) is 5.12. The molecule has 0 aliphatic heterocycles. The minimum atomic E-state index is 0.451. The molecule has 1 aromatic rings. The van der Waals surface area contributed by atoms with Crippen LogP contribution in [0, 0.1) is 0 Å². The highest BCUT2D eigenvalue weighted by Crippen LogP contribution is 2.43. The third kappa shape index (κ3) is 1.90. The van der Waals surface area contributed by atoms with Gasteiger partial charge in [0.15, 0.2) is 5.75 Å². The van der Waals surface area contributed by atoms with Crippen molar-refractivity contribution < 1.29 is 9.47 Å². The van der Waals surface area contributed by atoms with E-state index in [4.69, 9.17) is 15.2 Å². The zero-order chi connectivity index (χ0) is 10.8. The molecule has 0 amide bonds. The Morgan fingerprint density at radius 1 is 1.40 bits per heavy atom. The highest BCUT2D eigenvalue weighted by atomic mass is 16.5. The number of aromatic nitrogens is 1. The molecule has 1 aromatic heterocycles. The van der Waals surface area contributed by atoms with E-state index in [1.165, 1.54) is 18.4 Å². The first-order valence-electron chi connectivity index (χ1n) is 5.12. The second-order valence-corrected chi connectivity index (χ2v) is 3.71. The van der Waals surface area contributed by atoms with E-state index in [1.54, 1.807) is 14.2 Å². The van der Waals surface area contributed by atoms with E-state index in [9.17, 15) is 0 Å². The molecule has 15 heavy (non-hydrogen) atoms. The summed E-state index contributed by atoms with van der Waals surface area (Å²) in [6.07, 6.45) is 2.45. The molecule has 1 aliphatic carbocycles. The van der Waals surface area contributed by atoms with Gasteiger partial charge in [0.05, 0.1) is 19.9 Å². The van der Waals surface area contributed by atoms with Crippen molar-refractivity contribution in [3.63, 3.8) is 0 Å². The van der Waals surface area contributed by atoms with Crippen molar-refractivity contribution in [2.75, 3.05) is 14.2 Å². The highest BCUT2D eigenvalue weighted by molar-refractivity contribution is 5.42. The summed E-state index contributed by atoms with van der Waals surface area (Å²) in [7, 11) is 3.21. The van der Waals surface area contributed by atoms with Gasteiger partial charge in [0.25, 0.3) is 5.88 Å². The van der Waals surface area contributed by atoms with Gasteiger partial charge in [-0.2, -0.15) is 0 Å². The topological polar surface area (TPSA) is 57.4 Å². The van der Waals surface area contributed by atoms with Crippen LogP contribution in [0.1, 0.15) is 30.0 Å². The van der Waals surface area contributed by atoms with Crippen LogP contribution in [0.5, 0.6) is 11.6 Å². The van der Waals surface area contributed by atoms with Crippen molar-refractivity contribution >= 4 is 0 Å². The largest absolute Gasteiger partial charge is 0.491 e. The molecule has 1 fully saturated rings. The molecular weight excluding hydrogens is 192 g/mol. The lowest BCUT2D eigenvalue weighted by atomic mass is 10.1. The van der Waals surface area contributed by atoms with Crippen LogP contribution in [0.4, 0.5) is 0 Å². The number of nitrogens with zero attached hydrogens (tertiary/aromatic N) is 1. The molecule has 2 rings (SSSR count). The van der Waals surface area contributed by atoms with Gasteiger partial charge < -0.3 is 15.2 Å². The fourth-order valence-corrected chi connectivity index (χ4v) is 1.73. The molecule has 1 aliphatic rings. The summed E-state index contributed by atoms with van der Waals surface area (Å²) in [5.74, 6) is 1.83. The number of hydrogen-bond acceptors (Lipinski definition) is 4. The monoisotopic (exact) mass is 208 g/mol. The highest BCUT2D eigenvalue weighted by Gasteiger charge is 2.28. The Balaban J connectivity index is 2.44. The Hall–Kier alpha value is -1.29. The summed E-state index contributed by atoms with van der Waals surface area (Å²) >= 11 is 0. The van der Waals surface area contributed by atoms with Crippen molar-refractivity contribution in [3.05, 3.63) is 17.3 Å². The van der Waals surface area contributed by atoms with Crippen LogP contribution in [0.15, 0.2) is 6.07 Å². The average Bonchev–Trinajstić information content (AvgIpc) is 3.11. The molecule has 0 spiro atoms. The molecule has 1 heterocycles. The maximum atomic E-state index is 5.67. The Morgan fingerprint density at radius 3 is 2.60 bits per heavy atom. The first-order chi connectivity index (χ1) is 7.30. The van der Waals surface area contributed by atoms with Crippen LogP contribution in [-0.4, -0.2) is 19.2 Å². The molecule has 0 aromatic carbocycles. The Kier molecular flexibility index (Phi) is 2.77. The molecular formula is C11H16N2O2. The van der Waals surface area contributed by atoms with Crippen LogP contribution < -0.4 is 15.2 Å².